The highest BCUT2D eigenvalue weighted by Gasteiger charge is 2.60. The molecule has 0 unspecified atom stereocenters. The Morgan fingerprint density at radius 3 is 2.30 bits per heavy atom. The quantitative estimate of drug-likeness (QED) is 0.752. The zero-order valence-electron chi connectivity index (χ0n) is 15.3. The van der Waals surface area contributed by atoms with Gasteiger partial charge in [0.25, 0.3) is 0 Å². The van der Waals surface area contributed by atoms with Crippen molar-refractivity contribution in [2.75, 3.05) is 0 Å². The zero-order valence-corrected chi connectivity index (χ0v) is 15.3. The molecule has 0 aliphatic heterocycles. The summed E-state index contributed by atoms with van der Waals surface area (Å²) < 4.78 is 0. The van der Waals surface area contributed by atoms with Crippen LogP contribution in [0.5, 0.6) is 0 Å². The second-order valence-corrected chi connectivity index (χ2v) is 10.1. The van der Waals surface area contributed by atoms with Gasteiger partial charge in [-0.25, -0.2) is 0 Å². The van der Waals surface area contributed by atoms with Crippen molar-refractivity contribution in [1.82, 2.24) is 0 Å². The van der Waals surface area contributed by atoms with E-state index >= 15 is 0 Å². The fourth-order valence-corrected chi connectivity index (χ4v) is 8.07. The van der Waals surface area contributed by atoms with E-state index in [0.717, 1.165) is 36.5 Å². The van der Waals surface area contributed by atoms with Crippen LogP contribution in [0.15, 0.2) is 0 Å². The second-order valence-electron chi connectivity index (χ2n) is 10.1. The number of aliphatic hydroxyl groups excluding tert-OH is 2. The highest BCUT2D eigenvalue weighted by molar-refractivity contribution is 5.09. The van der Waals surface area contributed by atoms with Gasteiger partial charge in [-0.3, -0.25) is 0 Å². The van der Waals surface area contributed by atoms with Crippen LogP contribution in [0.1, 0.15) is 78.6 Å². The molecule has 4 fully saturated rings. The van der Waals surface area contributed by atoms with Crippen LogP contribution in [0.25, 0.3) is 0 Å². The molecule has 9 atom stereocenters. The molecule has 0 aromatic rings. The molecular weight excluding hydrogens is 284 g/mol. The van der Waals surface area contributed by atoms with Gasteiger partial charge in [-0.2, -0.15) is 0 Å². The first-order chi connectivity index (χ1) is 10.9. The summed E-state index contributed by atoms with van der Waals surface area (Å²) in [4.78, 5) is 0. The van der Waals surface area contributed by atoms with E-state index in [1.165, 1.54) is 44.9 Å². The highest BCUT2D eigenvalue weighted by Crippen LogP contribution is 2.67. The molecule has 2 heteroatoms. The molecule has 0 amide bonds. The minimum atomic E-state index is -0.140. The SMILES string of the molecule is C[C@H](O)[C@H]1CC[C@H]2[C@@H]3CC[C@@H]4C[C@@H](O)CC[C@]4(C)[C@H]3CC[C@]12C. The van der Waals surface area contributed by atoms with E-state index in [2.05, 4.69) is 13.8 Å². The van der Waals surface area contributed by atoms with E-state index in [9.17, 15) is 10.2 Å². The molecule has 0 spiro atoms. The smallest absolute Gasteiger partial charge is 0.0545 e. The third kappa shape index (κ3) is 2.27. The lowest BCUT2D eigenvalue weighted by Crippen LogP contribution is -2.54. The predicted octanol–water partition coefficient (Wildman–Crippen LogP) is 4.39. The van der Waals surface area contributed by atoms with Gasteiger partial charge >= 0.3 is 0 Å². The molecule has 4 rings (SSSR count). The van der Waals surface area contributed by atoms with Gasteiger partial charge in [0.05, 0.1) is 12.2 Å². The van der Waals surface area contributed by atoms with Crippen LogP contribution < -0.4 is 0 Å². The first kappa shape index (κ1) is 16.4. The molecule has 0 radical (unpaired) electrons. The van der Waals surface area contributed by atoms with Crippen LogP contribution in [0, 0.1) is 40.4 Å². The fourth-order valence-electron chi connectivity index (χ4n) is 8.07. The van der Waals surface area contributed by atoms with Crippen molar-refractivity contribution in [3.63, 3.8) is 0 Å². The molecule has 0 saturated heterocycles. The Bertz CT molecular complexity index is 461. The molecule has 0 heterocycles. The lowest BCUT2D eigenvalue weighted by atomic mass is 9.44. The molecule has 2 nitrogen and oxygen atoms in total. The maximum atomic E-state index is 10.3. The number of hydrogen-bond donors (Lipinski definition) is 2. The Balaban J connectivity index is 1.60. The van der Waals surface area contributed by atoms with E-state index < -0.39 is 0 Å². The van der Waals surface area contributed by atoms with Crippen LogP contribution in [0.3, 0.4) is 0 Å². The molecule has 2 N–H and O–H groups in total. The van der Waals surface area contributed by atoms with Gasteiger partial charge in [0.1, 0.15) is 0 Å². The minimum Gasteiger partial charge on any atom is -0.393 e. The summed E-state index contributed by atoms with van der Waals surface area (Å²) in [6.07, 6.45) is 11.1. The van der Waals surface area contributed by atoms with E-state index in [1.54, 1.807) is 0 Å². The Kier molecular flexibility index (Phi) is 3.89. The monoisotopic (exact) mass is 320 g/mol. The van der Waals surface area contributed by atoms with Crippen molar-refractivity contribution in [1.29, 1.82) is 0 Å². The standard InChI is InChI=1S/C21H36O2/c1-13(22)17-6-7-18-16-5-4-14-12-15(23)8-10-20(14,2)19(16)9-11-21(17,18)3/h13-19,22-23H,4-12H2,1-3H3/t13-,14+,15-,16-,17+,18-,19-,20-,21+/m0/s1. The van der Waals surface area contributed by atoms with E-state index in [4.69, 9.17) is 0 Å². The van der Waals surface area contributed by atoms with Crippen molar-refractivity contribution in [3.8, 4) is 0 Å². The topological polar surface area (TPSA) is 40.5 Å². The van der Waals surface area contributed by atoms with Gasteiger partial charge < -0.3 is 10.2 Å². The zero-order chi connectivity index (χ0) is 16.4. The van der Waals surface area contributed by atoms with Crippen molar-refractivity contribution in [2.45, 2.75) is 90.8 Å². The predicted molar refractivity (Wildman–Crippen MR) is 92.9 cm³/mol. The molecular formula is C21H36O2. The van der Waals surface area contributed by atoms with E-state index in [1.807, 2.05) is 6.92 Å². The average molecular weight is 321 g/mol. The summed E-state index contributed by atoms with van der Waals surface area (Å²) in [6.45, 7) is 7.08. The first-order valence-corrected chi connectivity index (χ1v) is 10.2. The van der Waals surface area contributed by atoms with Crippen molar-refractivity contribution in [3.05, 3.63) is 0 Å². The van der Waals surface area contributed by atoms with Gasteiger partial charge in [0, 0.05) is 0 Å². The Hall–Kier alpha value is -0.0800. The van der Waals surface area contributed by atoms with Crippen LogP contribution in [0.4, 0.5) is 0 Å². The average Bonchev–Trinajstić information content (AvgIpc) is 2.85. The number of hydrogen-bond acceptors (Lipinski definition) is 2. The third-order valence-electron chi connectivity index (χ3n) is 9.29. The number of fused-ring (bicyclic) bond motifs is 5. The highest BCUT2D eigenvalue weighted by atomic mass is 16.3. The lowest BCUT2D eigenvalue weighted by Gasteiger charge is -2.61. The molecule has 4 saturated carbocycles. The lowest BCUT2D eigenvalue weighted by molar-refractivity contribution is -0.132. The minimum absolute atomic E-state index is 0.0374. The Morgan fingerprint density at radius 1 is 0.870 bits per heavy atom. The van der Waals surface area contributed by atoms with Gasteiger partial charge in [-0.05, 0) is 105 Å². The maximum Gasteiger partial charge on any atom is 0.0545 e. The fraction of sp³-hybridized carbons (Fsp3) is 1.00. The summed E-state index contributed by atoms with van der Waals surface area (Å²) in [5.74, 6) is 3.87. The van der Waals surface area contributed by atoms with Crippen LogP contribution in [-0.2, 0) is 0 Å². The third-order valence-corrected chi connectivity index (χ3v) is 9.29. The van der Waals surface area contributed by atoms with Gasteiger partial charge in [0.2, 0.25) is 0 Å². The molecule has 4 aliphatic rings. The Morgan fingerprint density at radius 2 is 1.57 bits per heavy atom. The van der Waals surface area contributed by atoms with Crippen molar-refractivity contribution in [2.24, 2.45) is 40.4 Å². The summed E-state index contributed by atoms with van der Waals surface area (Å²) >= 11 is 0. The summed E-state index contributed by atoms with van der Waals surface area (Å²) in [5.41, 5.74) is 0.860. The van der Waals surface area contributed by atoms with Crippen molar-refractivity contribution >= 4 is 0 Å². The first-order valence-electron chi connectivity index (χ1n) is 10.2. The normalized spacial score (nSPS) is 57.3. The Labute approximate surface area is 142 Å². The second kappa shape index (κ2) is 5.46. The van der Waals surface area contributed by atoms with E-state index in [0.29, 0.717) is 16.7 Å². The van der Waals surface area contributed by atoms with Gasteiger partial charge in [0.15, 0.2) is 0 Å². The van der Waals surface area contributed by atoms with Gasteiger partial charge in [-0.1, -0.05) is 13.8 Å². The maximum absolute atomic E-state index is 10.3. The van der Waals surface area contributed by atoms with E-state index in [-0.39, 0.29) is 12.2 Å². The number of rotatable bonds is 1. The molecule has 0 bridgehead atoms. The van der Waals surface area contributed by atoms with Crippen molar-refractivity contribution < 1.29 is 10.2 Å². The molecule has 23 heavy (non-hydrogen) atoms. The number of aliphatic hydroxyl groups is 2. The molecule has 132 valence electrons. The van der Waals surface area contributed by atoms with Gasteiger partial charge in [-0.15, -0.1) is 0 Å². The molecule has 0 aromatic heterocycles. The summed E-state index contributed by atoms with van der Waals surface area (Å²) in [7, 11) is 0. The largest absolute Gasteiger partial charge is 0.393 e. The van der Waals surface area contributed by atoms with Crippen LogP contribution in [-0.4, -0.2) is 22.4 Å². The summed E-state index contributed by atoms with van der Waals surface area (Å²) in [6, 6.07) is 0. The van der Waals surface area contributed by atoms with Crippen LogP contribution >= 0.6 is 0 Å². The van der Waals surface area contributed by atoms with Crippen LogP contribution in [0.2, 0.25) is 0 Å². The molecule has 4 aliphatic carbocycles. The molecule has 0 aromatic carbocycles. The summed E-state index contributed by atoms with van der Waals surface area (Å²) in [5, 5.41) is 20.4.